The van der Waals surface area contributed by atoms with Crippen molar-refractivity contribution in [1.82, 2.24) is 25.0 Å². The van der Waals surface area contributed by atoms with E-state index in [1.807, 2.05) is 31.4 Å². The molecule has 2 aliphatic rings. The van der Waals surface area contributed by atoms with Gasteiger partial charge in [0.05, 0.1) is 6.54 Å². The number of amides is 2. The van der Waals surface area contributed by atoms with E-state index in [0.29, 0.717) is 19.5 Å². The molecule has 2 heterocycles. The Morgan fingerprint density at radius 1 is 1.00 bits per heavy atom. The van der Waals surface area contributed by atoms with Gasteiger partial charge in [-0.25, -0.2) is 0 Å². The number of aromatic amines is 1. The average molecular weight is 558 g/mol. The highest BCUT2D eigenvalue weighted by molar-refractivity contribution is 5.90. The van der Waals surface area contributed by atoms with E-state index in [0.717, 1.165) is 54.3 Å². The maximum atomic E-state index is 13.9. The summed E-state index contributed by atoms with van der Waals surface area (Å²) in [6.07, 6.45) is 9.09. The molecule has 1 atom stereocenters. The van der Waals surface area contributed by atoms with E-state index in [9.17, 15) is 9.59 Å². The van der Waals surface area contributed by atoms with Gasteiger partial charge in [-0.3, -0.25) is 19.4 Å². The van der Waals surface area contributed by atoms with Crippen molar-refractivity contribution in [3.63, 3.8) is 0 Å². The van der Waals surface area contributed by atoms with E-state index in [4.69, 9.17) is 0 Å². The fourth-order valence-electron chi connectivity index (χ4n) is 6.73. The number of benzene rings is 2. The van der Waals surface area contributed by atoms with E-state index in [-0.39, 0.29) is 11.8 Å². The highest BCUT2D eigenvalue weighted by Crippen LogP contribution is 2.24. The molecule has 1 saturated heterocycles. The highest BCUT2D eigenvalue weighted by atomic mass is 16.2. The molecule has 7 heteroatoms. The van der Waals surface area contributed by atoms with Crippen LogP contribution in [0.25, 0.3) is 10.9 Å². The predicted octanol–water partition coefficient (Wildman–Crippen LogP) is 4.73. The fourth-order valence-corrected chi connectivity index (χ4v) is 6.73. The minimum absolute atomic E-state index is 0.0679. The molecule has 2 N–H and O–H groups in total. The summed E-state index contributed by atoms with van der Waals surface area (Å²) in [7, 11) is 1.84. The van der Waals surface area contributed by atoms with Gasteiger partial charge in [-0.15, -0.1) is 0 Å². The minimum atomic E-state index is -0.636. The van der Waals surface area contributed by atoms with Crippen LogP contribution in [0.5, 0.6) is 0 Å². The van der Waals surface area contributed by atoms with Gasteiger partial charge in [-0.2, -0.15) is 0 Å². The van der Waals surface area contributed by atoms with E-state index < -0.39 is 6.04 Å². The zero-order valence-electron chi connectivity index (χ0n) is 25.3. The molecule has 1 aliphatic carbocycles. The Labute approximate surface area is 245 Å². The molecule has 7 nitrogen and oxygen atoms in total. The van der Waals surface area contributed by atoms with Crippen LogP contribution >= 0.6 is 0 Å². The third-order valence-corrected chi connectivity index (χ3v) is 9.38. The number of carbonyl (C=O) groups is 2. The van der Waals surface area contributed by atoms with Crippen LogP contribution in [0.15, 0.2) is 42.6 Å². The molecular weight excluding hydrogens is 510 g/mol. The molecule has 2 amide bonds. The summed E-state index contributed by atoms with van der Waals surface area (Å²) in [4.78, 5) is 37.2. The monoisotopic (exact) mass is 557 g/mol. The zero-order valence-corrected chi connectivity index (χ0v) is 25.3. The van der Waals surface area contributed by atoms with Gasteiger partial charge in [0.1, 0.15) is 6.04 Å². The lowest BCUT2D eigenvalue weighted by molar-refractivity contribution is -0.136. The van der Waals surface area contributed by atoms with Gasteiger partial charge in [0.15, 0.2) is 0 Å². The van der Waals surface area contributed by atoms with Gasteiger partial charge < -0.3 is 15.2 Å². The van der Waals surface area contributed by atoms with Crippen LogP contribution in [-0.2, 0) is 22.6 Å². The lowest BCUT2D eigenvalue weighted by Crippen LogP contribution is -2.55. The molecule has 5 rings (SSSR count). The average Bonchev–Trinajstić information content (AvgIpc) is 3.38. The number of likely N-dealkylation sites (N-methyl/N-ethyl adjacent to an activating group) is 1. The second kappa shape index (κ2) is 13.2. The van der Waals surface area contributed by atoms with Crippen molar-refractivity contribution in [3.8, 4) is 0 Å². The van der Waals surface area contributed by atoms with Crippen molar-refractivity contribution < 1.29 is 9.59 Å². The van der Waals surface area contributed by atoms with E-state index in [1.54, 1.807) is 4.90 Å². The number of hydrogen-bond donors (Lipinski definition) is 2. The number of para-hydroxylation sites is 1. The Kier molecular flexibility index (Phi) is 9.46. The normalized spacial score (nSPS) is 18.0. The van der Waals surface area contributed by atoms with Crippen molar-refractivity contribution >= 4 is 22.7 Å². The van der Waals surface area contributed by atoms with E-state index in [1.165, 1.54) is 48.8 Å². The molecule has 220 valence electrons. The SMILES string of the molecule is Cc1cc(CN(C)C(=O)C(Cc2c[nH]c3ccccc23)NC(=O)CN2CCN(C3CCCCC3)CC2)cc(C)c1C. The summed E-state index contributed by atoms with van der Waals surface area (Å²) in [5, 5.41) is 4.23. The summed E-state index contributed by atoms with van der Waals surface area (Å²) in [5.74, 6) is -0.147. The first-order valence-corrected chi connectivity index (χ1v) is 15.4. The van der Waals surface area contributed by atoms with Crippen molar-refractivity contribution in [2.75, 3.05) is 39.8 Å². The molecule has 3 aromatic rings. The molecule has 41 heavy (non-hydrogen) atoms. The van der Waals surface area contributed by atoms with Crippen LogP contribution in [-0.4, -0.2) is 83.4 Å². The van der Waals surface area contributed by atoms with E-state index >= 15 is 0 Å². The third kappa shape index (κ3) is 7.19. The second-order valence-corrected chi connectivity index (χ2v) is 12.3. The zero-order chi connectivity index (χ0) is 28.9. The number of piperazine rings is 1. The lowest BCUT2D eigenvalue weighted by atomic mass is 9.94. The first kappa shape index (κ1) is 29.3. The molecule has 0 bridgehead atoms. The van der Waals surface area contributed by atoms with Crippen LogP contribution in [0.3, 0.4) is 0 Å². The Morgan fingerprint density at radius 3 is 2.39 bits per heavy atom. The molecule has 1 unspecified atom stereocenters. The largest absolute Gasteiger partial charge is 0.361 e. The topological polar surface area (TPSA) is 71.7 Å². The Bertz CT molecular complexity index is 1330. The number of fused-ring (bicyclic) bond motifs is 1. The number of hydrogen-bond acceptors (Lipinski definition) is 4. The Morgan fingerprint density at radius 2 is 1.68 bits per heavy atom. The van der Waals surface area contributed by atoms with Gasteiger partial charge in [-0.1, -0.05) is 49.6 Å². The number of H-pyrrole nitrogens is 1. The van der Waals surface area contributed by atoms with Crippen molar-refractivity contribution in [2.24, 2.45) is 0 Å². The maximum absolute atomic E-state index is 13.9. The van der Waals surface area contributed by atoms with Crippen LogP contribution < -0.4 is 5.32 Å². The summed E-state index contributed by atoms with van der Waals surface area (Å²) in [6, 6.07) is 12.5. The predicted molar refractivity (Wildman–Crippen MR) is 166 cm³/mol. The quantitative estimate of drug-likeness (QED) is 0.399. The highest BCUT2D eigenvalue weighted by Gasteiger charge is 2.29. The maximum Gasteiger partial charge on any atom is 0.245 e. The summed E-state index contributed by atoms with van der Waals surface area (Å²) in [5.41, 5.74) is 6.92. The number of aryl methyl sites for hydroxylation is 2. The number of aromatic nitrogens is 1. The molecule has 0 spiro atoms. The molecule has 1 saturated carbocycles. The summed E-state index contributed by atoms with van der Waals surface area (Å²) < 4.78 is 0. The van der Waals surface area contributed by atoms with E-state index in [2.05, 4.69) is 59.1 Å². The van der Waals surface area contributed by atoms with Crippen molar-refractivity contribution in [2.45, 2.75) is 77.9 Å². The first-order valence-electron chi connectivity index (χ1n) is 15.4. The molecule has 2 fully saturated rings. The molecule has 1 aromatic heterocycles. The number of nitrogens with one attached hydrogen (secondary N) is 2. The second-order valence-electron chi connectivity index (χ2n) is 12.3. The van der Waals surface area contributed by atoms with Crippen LogP contribution in [0, 0.1) is 20.8 Å². The van der Waals surface area contributed by atoms with Gasteiger partial charge in [0, 0.05) is 69.3 Å². The smallest absolute Gasteiger partial charge is 0.245 e. The molecular formula is C34H47N5O2. The Balaban J connectivity index is 1.25. The molecule has 0 radical (unpaired) electrons. The fraction of sp³-hybridized carbons (Fsp3) is 0.529. The third-order valence-electron chi connectivity index (χ3n) is 9.38. The standard InChI is InChI=1S/C34H47N5O2/c1-24-18-27(19-25(2)26(24)3)22-37(4)34(41)32(20-28-21-35-31-13-9-8-12-30(28)31)36-33(40)23-38-14-16-39(17-15-38)29-10-6-5-7-11-29/h8-9,12-13,18-19,21,29,32,35H,5-7,10-11,14-17,20,22-23H2,1-4H3,(H,36,40). The van der Waals surface area contributed by atoms with Gasteiger partial charge >= 0.3 is 0 Å². The van der Waals surface area contributed by atoms with Gasteiger partial charge in [0.2, 0.25) is 11.8 Å². The lowest BCUT2D eigenvalue weighted by Gasteiger charge is -2.40. The number of carbonyl (C=O) groups excluding carboxylic acids is 2. The van der Waals surface area contributed by atoms with Gasteiger partial charge in [-0.05, 0) is 67.5 Å². The summed E-state index contributed by atoms with van der Waals surface area (Å²) in [6.45, 7) is 11.0. The number of nitrogens with zero attached hydrogens (tertiary/aromatic N) is 3. The van der Waals surface area contributed by atoms with Crippen molar-refractivity contribution in [3.05, 3.63) is 70.4 Å². The number of rotatable bonds is 9. The van der Waals surface area contributed by atoms with Crippen LogP contribution in [0.4, 0.5) is 0 Å². The van der Waals surface area contributed by atoms with Crippen molar-refractivity contribution in [1.29, 1.82) is 0 Å². The summed E-state index contributed by atoms with van der Waals surface area (Å²) >= 11 is 0. The van der Waals surface area contributed by atoms with Crippen LogP contribution in [0.1, 0.15) is 59.9 Å². The van der Waals surface area contributed by atoms with Crippen LogP contribution in [0.2, 0.25) is 0 Å². The molecule has 2 aromatic carbocycles. The van der Waals surface area contributed by atoms with Gasteiger partial charge in [0.25, 0.3) is 0 Å². The first-order chi connectivity index (χ1) is 19.8. The minimum Gasteiger partial charge on any atom is -0.361 e. The molecule has 1 aliphatic heterocycles. The Hall–Kier alpha value is -3.16.